The van der Waals surface area contributed by atoms with Gasteiger partial charge in [0.05, 0.1) is 24.2 Å². The second kappa shape index (κ2) is 21.1. The number of ketones is 1. The van der Waals surface area contributed by atoms with Crippen LogP contribution in [0.4, 0.5) is 0 Å². The van der Waals surface area contributed by atoms with Crippen LogP contribution in [0.25, 0.3) is 0 Å². The first-order chi connectivity index (χ1) is 20.7. The average molecular weight is 607 g/mol. The molecule has 11 nitrogen and oxygen atoms in total. The molecular weight excluding hydrogens is 556 g/mol. The molecule has 0 spiro atoms. The Bertz CT molecular complexity index is 1000. The van der Waals surface area contributed by atoms with E-state index >= 15 is 0 Å². The van der Waals surface area contributed by atoms with Crippen LogP contribution in [0.15, 0.2) is 36.4 Å². The van der Waals surface area contributed by atoms with E-state index in [2.05, 4.69) is 17.1 Å². The number of amides is 1. The van der Waals surface area contributed by atoms with Gasteiger partial charge in [0.2, 0.25) is 5.91 Å². The Hall–Kier alpha value is -2.67. The Morgan fingerprint density at radius 2 is 1.60 bits per heavy atom. The lowest BCUT2D eigenvalue weighted by Crippen LogP contribution is -2.30. The molecule has 1 aromatic carbocycles. The van der Waals surface area contributed by atoms with E-state index in [9.17, 15) is 24.6 Å². The van der Waals surface area contributed by atoms with Crippen molar-refractivity contribution in [3.63, 3.8) is 0 Å². The maximum atomic E-state index is 12.3. The number of aliphatic hydroxyl groups is 2. The summed E-state index contributed by atoms with van der Waals surface area (Å²) in [5, 5.41) is 40.5. The van der Waals surface area contributed by atoms with Gasteiger partial charge < -0.3 is 20.3 Å². The lowest BCUT2D eigenvalue weighted by Gasteiger charge is -2.22. The summed E-state index contributed by atoms with van der Waals surface area (Å²) in [6.07, 6.45) is 12.4. The maximum Gasteiger partial charge on any atom is 0.325 e. The smallest absolute Gasteiger partial charge is 0.325 e. The van der Waals surface area contributed by atoms with Gasteiger partial charge in [-0.25, -0.2) is 4.84 Å². The number of benzene rings is 1. The van der Waals surface area contributed by atoms with E-state index in [1.807, 2.05) is 12.2 Å². The van der Waals surface area contributed by atoms with Crippen molar-refractivity contribution in [2.45, 2.75) is 116 Å². The van der Waals surface area contributed by atoms with Crippen LogP contribution in [0.5, 0.6) is 0 Å². The van der Waals surface area contributed by atoms with E-state index in [4.69, 9.17) is 15.2 Å². The molecule has 1 aromatic rings. The zero-order valence-electron chi connectivity index (χ0n) is 25.4. The normalized spacial score (nSPS) is 20.1. The Morgan fingerprint density at radius 1 is 0.907 bits per heavy atom. The Morgan fingerprint density at radius 3 is 2.33 bits per heavy atom. The molecule has 0 heterocycles. The van der Waals surface area contributed by atoms with Crippen LogP contribution in [0.1, 0.15) is 102 Å². The highest BCUT2D eigenvalue weighted by molar-refractivity contribution is 5.81. The van der Waals surface area contributed by atoms with E-state index in [0.717, 1.165) is 12.8 Å². The summed E-state index contributed by atoms with van der Waals surface area (Å²) in [6.45, 7) is 1.71. The van der Waals surface area contributed by atoms with E-state index in [-0.39, 0.29) is 49.7 Å². The highest BCUT2D eigenvalue weighted by Crippen LogP contribution is 2.38. The first kappa shape index (κ1) is 36.5. The monoisotopic (exact) mass is 606 g/mol. The topological polar surface area (TPSA) is 166 Å². The van der Waals surface area contributed by atoms with Crippen molar-refractivity contribution < 1.29 is 44.6 Å². The number of hydrogen-bond donors (Lipinski definition) is 5. The van der Waals surface area contributed by atoms with Crippen molar-refractivity contribution in [2.24, 2.45) is 11.8 Å². The van der Waals surface area contributed by atoms with E-state index < -0.39 is 23.6 Å². The van der Waals surface area contributed by atoms with Crippen molar-refractivity contribution >= 4 is 17.7 Å². The predicted octanol–water partition coefficient (Wildman–Crippen LogP) is 4.54. The first-order valence-corrected chi connectivity index (χ1v) is 15.5. The van der Waals surface area contributed by atoms with Gasteiger partial charge in [-0.05, 0) is 61.5 Å². The quantitative estimate of drug-likeness (QED) is 0.0547. The number of rotatable bonds is 22. The minimum atomic E-state index is -0.601. The molecule has 1 aliphatic rings. The molecule has 0 radical (unpaired) electrons. The van der Waals surface area contributed by atoms with Gasteiger partial charge in [-0.3, -0.25) is 24.8 Å². The van der Waals surface area contributed by atoms with Crippen molar-refractivity contribution in [2.75, 3.05) is 6.54 Å². The number of hydrogen-bond acceptors (Lipinski definition) is 10. The number of unbranched alkanes of at least 4 members (excludes halogenated alkanes) is 5. The summed E-state index contributed by atoms with van der Waals surface area (Å²) in [4.78, 5) is 41.1. The zero-order valence-corrected chi connectivity index (χ0v) is 25.4. The molecule has 5 N–H and O–H groups in total. The maximum absolute atomic E-state index is 12.3. The molecule has 0 bridgehead atoms. The summed E-state index contributed by atoms with van der Waals surface area (Å²) in [5.74, 6) is -0.815. The van der Waals surface area contributed by atoms with Crippen molar-refractivity contribution in [1.82, 2.24) is 10.7 Å². The van der Waals surface area contributed by atoms with Crippen LogP contribution < -0.4 is 5.32 Å². The largest absolute Gasteiger partial charge is 0.459 e. The summed E-state index contributed by atoms with van der Waals surface area (Å²) in [5.41, 5.74) is 1.23. The fourth-order valence-corrected chi connectivity index (χ4v) is 5.47. The third-order valence-corrected chi connectivity index (χ3v) is 7.96. The number of nitrogens with zero attached hydrogens (tertiary/aromatic N) is 1. The lowest BCUT2D eigenvalue weighted by molar-refractivity contribution is -0.497. The number of nitrogens with one attached hydrogen (secondary N) is 1. The number of Topliss-reactive ketones (excluding diaryl/α,β-unsaturated/α-hetero) is 1. The van der Waals surface area contributed by atoms with Crippen LogP contribution in [0.2, 0.25) is 0 Å². The number of esters is 1. The first-order valence-electron chi connectivity index (χ1n) is 15.5. The fraction of sp³-hybridized carbons (Fsp3) is 0.656. The summed E-state index contributed by atoms with van der Waals surface area (Å²) >= 11 is 0. The van der Waals surface area contributed by atoms with Crippen molar-refractivity contribution in [3.05, 3.63) is 47.5 Å². The van der Waals surface area contributed by atoms with E-state index in [1.54, 1.807) is 24.3 Å². The van der Waals surface area contributed by atoms with Gasteiger partial charge in [0.1, 0.15) is 18.9 Å². The van der Waals surface area contributed by atoms with Gasteiger partial charge >= 0.3 is 5.97 Å². The molecule has 1 saturated carbocycles. The van der Waals surface area contributed by atoms with Crippen LogP contribution in [0, 0.1) is 11.8 Å². The Labute approximate surface area is 254 Å². The van der Waals surface area contributed by atoms with Gasteiger partial charge in [0.15, 0.2) is 0 Å². The molecule has 11 heteroatoms. The summed E-state index contributed by atoms with van der Waals surface area (Å²) < 4.78 is 5.20. The average Bonchev–Trinajstić information content (AvgIpc) is 3.25. The zero-order chi connectivity index (χ0) is 31.5. The van der Waals surface area contributed by atoms with Gasteiger partial charge in [0.25, 0.3) is 0 Å². The highest BCUT2D eigenvalue weighted by atomic mass is 17.1. The lowest BCUT2D eigenvalue weighted by atomic mass is 9.86. The number of ether oxygens (including phenoxy) is 1. The molecule has 0 aromatic heterocycles. The molecular formula is C32H50N2O9. The number of aliphatic hydroxyl groups excluding tert-OH is 2. The van der Waals surface area contributed by atoms with Crippen molar-refractivity contribution in [1.29, 1.82) is 0 Å². The van der Waals surface area contributed by atoms with Gasteiger partial charge in [-0.15, -0.1) is 0 Å². The molecule has 0 unspecified atom stereocenters. The minimum absolute atomic E-state index is 0.0566. The standard InChI is InChI=1S/C32H50N2O9/c1-2-3-4-5-8-15-26(35)18-19-28-27(29(36)20-30(28)37)16-9-6-7-10-17-31(38)33-21-32(39)42-22-24-13-11-12-14-25(24)23-43-34(40)41/h6,9,11-14,27-30,36-37,40-41H,2-5,7-8,10,15-23H2,1H3,(H,33,38)/b9-6-/t27-,28-,29+,30-/m1/s1. The molecule has 242 valence electrons. The Kier molecular flexibility index (Phi) is 17.9. The Balaban J connectivity index is 1.61. The van der Waals surface area contributed by atoms with Crippen molar-refractivity contribution in [3.8, 4) is 0 Å². The van der Waals surface area contributed by atoms with Crippen LogP contribution in [-0.4, -0.2) is 62.4 Å². The van der Waals surface area contributed by atoms with Gasteiger partial charge in [0, 0.05) is 19.3 Å². The number of allylic oxidation sites excluding steroid dienone is 2. The van der Waals surface area contributed by atoms with Gasteiger partial charge in [-0.1, -0.05) is 69.0 Å². The molecule has 1 aliphatic carbocycles. The second-order valence-corrected chi connectivity index (χ2v) is 11.3. The third-order valence-electron chi connectivity index (χ3n) is 7.96. The van der Waals surface area contributed by atoms with Crippen LogP contribution >= 0.6 is 0 Å². The molecule has 0 saturated heterocycles. The summed E-state index contributed by atoms with van der Waals surface area (Å²) in [6, 6.07) is 6.89. The highest BCUT2D eigenvalue weighted by Gasteiger charge is 2.40. The van der Waals surface area contributed by atoms with Crippen LogP contribution in [0.3, 0.4) is 0 Å². The third kappa shape index (κ3) is 15.1. The van der Waals surface area contributed by atoms with E-state index in [1.165, 1.54) is 19.3 Å². The second-order valence-electron chi connectivity index (χ2n) is 11.3. The minimum Gasteiger partial charge on any atom is -0.459 e. The SMILES string of the molecule is CCCCCCCC(=O)CC[C@@H]1[C@@H](C/C=C\CCCC(=O)NCC(=O)OCc2ccccc2CON(O)O)[C@@H](O)C[C@H]1O. The predicted molar refractivity (Wildman–Crippen MR) is 158 cm³/mol. The number of carbonyl (C=O) groups excluding carboxylic acids is 3. The van der Waals surface area contributed by atoms with Crippen LogP contribution in [-0.2, 0) is 37.2 Å². The van der Waals surface area contributed by atoms with E-state index in [0.29, 0.717) is 56.1 Å². The fourth-order valence-electron chi connectivity index (χ4n) is 5.47. The molecule has 1 amide bonds. The molecule has 1 fully saturated rings. The molecule has 43 heavy (non-hydrogen) atoms. The molecule has 2 rings (SSSR count). The summed E-state index contributed by atoms with van der Waals surface area (Å²) in [7, 11) is 0. The number of carbonyl (C=O) groups is 3. The van der Waals surface area contributed by atoms with Gasteiger partial charge in [-0.2, -0.15) is 0 Å². The molecule has 0 aliphatic heterocycles. The molecule has 4 atom stereocenters.